The van der Waals surface area contributed by atoms with Gasteiger partial charge in [-0.15, -0.1) is 0 Å². The van der Waals surface area contributed by atoms with Gasteiger partial charge >= 0.3 is 0 Å². The van der Waals surface area contributed by atoms with Crippen LogP contribution in [0.3, 0.4) is 0 Å². The smallest absolute Gasteiger partial charge is 0.0224 e. The molecule has 0 aromatic rings. The molecule has 0 radical (unpaired) electrons. The average molecular weight is 184 g/mol. The molecule has 0 aromatic carbocycles. The van der Waals surface area contributed by atoms with Crippen molar-refractivity contribution in [2.24, 2.45) is 5.73 Å². The third kappa shape index (κ3) is 2.44. The molecule has 3 atom stereocenters. The van der Waals surface area contributed by atoms with E-state index in [2.05, 4.69) is 25.7 Å². The monoisotopic (exact) mass is 184 g/mol. The summed E-state index contributed by atoms with van der Waals surface area (Å²) in [5, 5.41) is 0. The molecule has 1 aliphatic heterocycles. The van der Waals surface area contributed by atoms with E-state index in [4.69, 9.17) is 5.73 Å². The van der Waals surface area contributed by atoms with Crippen LogP contribution in [0.25, 0.3) is 0 Å². The maximum Gasteiger partial charge on any atom is 0.0224 e. The van der Waals surface area contributed by atoms with Crippen LogP contribution < -0.4 is 5.73 Å². The van der Waals surface area contributed by atoms with E-state index in [1.807, 2.05) is 0 Å². The first kappa shape index (κ1) is 11.0. The molecule has 0 bridgehead atoms. The van der Waals surface area contributed by atoms with Gasteiger partial charge in [-0.05, 0) is 33.1 Å². The van der Waals surface area contributed by atoms with Crippen LogP contribution in [0.5, 0.6) is 0 Å². The van der Waals surface area contributed by atoms with Crippen molar-refractivity contribution in [2.75, 3.05) is 6.54 Å². The number of rotatable bonds is 3. The first-order valence-electron chi connectivity index (χ1n) is 5.68. The van der Waals surface area contributed by atoms with Crippen LogP contribution >= 0.6 is 0 Å². The number of hydrogen-bond acceptors (Lipinski definition) is 2. The number of nitrogens with two attached hydrogens (primary N) is 1. The van der Waals surface area contributed by atoms with Crippen LogP contribution in [0.2, 0.25) is 0 Å². The van der Waals surface area contributed by atoms with Crippen molar-refractivity contribution in [3.8, 4) is 0 Å². The first-order valence-corrected chi connectivity index (χ1v) is 5.68. The Morgan fingerprint density at radius 1 is 1.46 bits per heavy atom. The molecule has 2 nitrogen and oxygen atoms in total. The molecule has 2 heteroatoms. The highest BCUT2D eigenvalue weighted by Crippen LogP contribution is 2.25. The van der Waals surface area contributed by atoms with Crippen LogP contribution in [0.15, 0.2) is 0 Å². The molecular formula is C11H24N2. The second-order valence-electron chi connectivity index (χ2n) is 4.37. The Bertz CT molecular complexity index is 143. The lowest BCUT2D eigenvalue weighted by Crippen LogP contribution is -2.52. The van der Waals surface area contributed by atoms with Gasteiger partial charge in [-0.25, -0.2) is 0 Å². The molecule has 1 rings (SSSR count). The Morgan fingerprint density at radius 2 is 2.15 bits per heavy atom. The minimum absolute atomic E-state index is 0.638. The fourth-order valence-electron chi connectivity index (χ4n) is 2.55. The highest BCUT2D eigenvalue weighted by molar-refractivity contribution is 4.85. The van der Waals surface area contributed by atoms with E-state index in [-0.39, 0.29) is 0 Å². The van der Waals surface area contributed by atoms with Gasteiger partial charge in [0.25, 0.3) is 0 Å². The van der Waals surface area contributed by atoms with E-state index < -0.39 is 0 Å². The lowest BCUT2D eigenvalue weighted by atomic mass is 9.94. The molecule has 1 heterocycles. The molecule has 1 saturated heterocycles. The van der Waals surface area contributed by atoms with Crippen molar-refractivity contribution in [2.45, 2.75) is 64.6 Å². The van der Waals surface area contributed by atoms with Crippen LogP contribution in [-0.2, 0) is 0 Å². The zero-order valence-corrected chi connectivity index (χ0v) is 9.29. The highest BCUT2D eigenvalue weighted by atomic mass is 15.2. The van der Waals surface area contributed by atoms with E-state index in [1.54, 1.807) is 0 Å². The Morgan fingerprint density at radius 3 is 2.69 bits per heavy atom. The van der Waals surface area contributed by atoms with E-state index in [0.29, 0.717) is 12.1 Å². The van der Waals surface area contributed by atoms with Crippen molar-refractivity contribution >= 4 is 0 Å². The van der Waals surface area contributed by atoms with Crippen LogP contribution in [0.4, 0.5) is 0 Å². The number of likely N-dealkylation sites (tertiary alicyclic amines) is 1. The molecule has 1 aliphatic rings. The summed E-state index contributed by atoms with van der Waals surface area (Å²) in [5.41, 5.74) is 5.81. The van der Waals surface area contributed by atoms with Crippen LogP contribution in [0.1, 0.15) is 46.5 Å². The van der Waals surface area contributed by atoms with Gasteiger partial charge in [-0.1, -0.05) is 13.3 Å². The molecular weight excluding hydrogens is 160 g/mol. The van der Waals surface area contributed by atoms with E-state index in [0.717, 1.165) is 12.6 Å². The number of piperidine rings is 1. The minimum Gasteiger partial charge on any atom is -0.329 e. The lowest BCUT2D eigenvalue weighted by Gasteiger charge is -2.44. The third-order valence-corrected chi connectivity index (χ3v) is 3.46. The first-order chi connectivity index (χ1) is 6.20. The molecule has 0 saturated carbocycles. The summed E-state index contributed by atoms with van der Waals surface area (Å²) in [7, 11) is 0. The van der Waals surface area contributed by atoms with Crippen molar-refractivity contribution in [3.05, 3.63) is 0 Å². The summed E-state index contributed by atoms with van der Waals surface area (Å²) in [4.78, 5) is 2.63. The second kappa shape index (κ2) is 4.97. The second-order valence-corrected chi connectivity index (χ2v) is 4.37. The molecule has 13 heavy (non-hydrogen) atoms. The predicted octanol–water partition coefficient (Wildman–Crippen LogP) is 1.99. The maximum absolute atomic E-state index is 5.81. The molecule has 0 aliphatic carbocycles. The standard InChI is InChI=1S/C11H24N2/c1-4-9(2)13-10(3)6-5-7-11(13)8-12/h9-11H,4-8,12H2,1-3H3. The zero-order chi connectivity index (χ0) is 9.84. The molecule has 1 fully saturated rings. The van der Waals surface area contributed by atoms with Crippen molar-refractivity contribution < 1.29 is 0 Å². The van der Waals surface area contributed by atoms with E-state index in [9.17, 15) is 0 Å². The summed E-state index contributed by atoms with van der Waals surface area (Å²) in [6.07, 6.45) is 5.24. The third-order valence-electron chi connectivity index (χ3n) is 3.46. The summed E-state index contributed by atoms with van der Waals surface area (Å²) >= 11 is 0. The van der Waals surface area contributed by atoms with Gasteiger partial charge in [0.05, 0.1) is 0 Å². The quantitative estimate of drug-likeness (QED) is 0.727. The van der Waals surface area contributed by atoms with Gasteiger partial charge in [0.2, 0.25) is 0 Å². The van der Waals surface area contributed by atoms with Crippen molar-refractivity contribution in [1.29, 1.82) is 0 Å². The maximum atomic E-state index is 5.81. The lowest BCUT2D eigenvalue weighted by molar-refractivity contribution is 0.0559. The van der Waals surface area contributed by atoms with Gasteiger partial charge in [-0.3, -0.25) is 4.90 Å². The zero-order valence-electron chi connectivity index (χ0n) is 9.29. The SMILES string of the molecule is CCC(C)N1C(C)CCCC1CN. The normalized spacial score (nSPS) is 33.2. The van der Waals surface area contributed by atoms with E-state index in [1.165, 1.54) is 25.7 Å². The van der Waals surface area contributed by atoms with Crippen LogP contribution in [0, 0.1) is 0 Å². The summed E-state index contributed by atoms with van der Waals surface area (Å²) in [6.45, 7) is 7.76. The Kier molecular flexibility index (Phi) is 4.20. The molecule has 0 spiro atoms. The summed E-state index contributed by atoms with van der Waals surface area (Å²) in [5.74, 6) is 0. The number of hydrogen-bond donors (Lipinski definition) is 1. The Balaban J connectivity index is 2.61. The van der Waals surface area contributed by atoms with E-state index >= 15 is 0 Å². The average Bonchev–Trinajstić information content (AvgIpc) is 2.16. The Labute approximate surface area is 82.5 Å². The van der Waals surface area contributed by atoms with Gasteiger partial charge in [-0.2, -0.15) is 0 Å². The fraction of sp³-hybridized carbons (Fsp3) is 1.00. The Hall–Kier alpha value is -0.0800. The molecule has 2 N–H and O–H groups in total. The largest absolute Gasteiger partial charge is 0.329 e. The number of nitrogens with zero attached hydrogens (tertiary/aromatic N) is 1. The summed E-state index contributed by atoms with van der Waals surface area (Å²) in [6, 6.07) is 2.07. The summed E-state index contributed by atoms with van der Waals surface area (Å²) < 4.78 is 0. The van der Waals surface area contributed by atoms with Gasteiger partial charge in [0, 0.05) is 24.7 Å². The van der Waals surface area contributed by atoms with Gasteiger partial charge in [0.15, 0.2) is 0 Å². The van der Waals surface area contributed by atoms with Crippen molar-refractivity contribution in [3.63, 3.8) is 0 Å². The van der Waals surface area contributed by atoms with Gasteiger partial charge < -0.3 is 5.73 Å². The highest BCUT2D eigenvalue weighted by Gasteiger charge is 2.29. The minimum atomic E-state index is 0.638. The van der Waals surface area contributed by atoms with Gasteiger partial charge in [0.1, 0.15) is 0 Å². The molecule has 0 aromatic heterocycles. The molecule has 78 valence electrons. The topological polar surface area (TPSA) is 29.3 Å². The molecule has 0 amide bonds. The molecule has 3 unspecified atom stereocenters. The van der Waals surface area contributed by atoms with Crippen LogP contribution in [-0.4, -0.2) is 29.6 Å². The van der Waals surface area contributed by atoms with Crippen molar-refractivity contribution in [1.82, 2.24) is 4.90 Å². The fourth-order valence-corrected chi connectivity index (χ4v) is 2.55. The predicted molar refractivity (Wildman–Crippen MR) is 57.7 cm³/mol.